The normalized spacial score (nSPS) is 9.65. The number of nitrogens with zero attached hydrogens (tertiary/aromatic N) is 3. The van der Waals surface area contributed by atoms with Crippen molar-refractivity contribution < 1.29 is 14.5 Å². The van der Waals surface area contributed by atoms with Gasteiger partial charge in [0.05, 0.1) is 23.7 Å². The predicted octanol–water partition coefficient (Wildman–Crippen LogP) is 1.86. The summed E-state index contributed by atoms with van der Waals surface area (Å²) < 4.78 is 4.59. The van der Waals surface area contributed by atoms with E-state index in [1.165, 1.54) is 25.3 Å². The van der Waals surface area contributed by atoms with E-state index in [2.05, 4.69) is 4.74 Å². The van der Waals surface area contributed by atoms with Crippen molar-refractivity contribution in [3.8, 4) is 6.07 Å². The Bertz CT molecular complexity index is 551. The number of ether oxygens (including phenoxy) is 1. The molecule has 0 unspecified atom stereocenters. The molecule has 0 aliphatic carbocycles. The Kier molecular flexibility index (Phi) is 5.47. The first-order valence-corrected chi connectivity index (χ1v) is 6.03. The zero-order chi connectivity index (χ0) is 15.1. The smallest absolute Gasteiger partial charge is 0.325 e. The largest absolute Gasteiger partial charge is 0.468 e. The van der Waals surface area contributed by atoms with Gasteiger partial charge in [-0.15, -0.1) is 0 Å². The molecule has 0 aromatic heterocycles. The maximum atomic E-state index is 11.4. The number of carbonyl (C=O) groups excluding carboxylic acids is 1. The average molecular weight is 277 g/mol. The van der Waals surface area contributed by atoms with Crippen LogP contribution in [0.4, 0.5) is 11.4 Å². The number of anilines is 1. The standard InChI is InChI=1S/C13H15N3O4/c1-3-6-15(9-13(17)20-2)12-7-10(8-14)4-5-11(12)16(18)19/h4-5,7H,3,6,9H2,1-2H3. The van der Waals surface area contributed by atoms with Crippen LogP contribution in [0.25, 0.3) is 0 Å². The summed E-state index contributed by atoms with van der Waals surface area (Å²) in [5.74, 6) is -0.491. The van der Waals surface area contributed by atoms with Crippen molar-refractivity contribution in [3.05, 3.63) is 33.9 Å². The SMILES string of the molecule is CCCN(CC(=O)OC)c1cc(C#N)ccc1[N+](=O)[O-]. The van der Waals surface area contributed by atoms with Gasteiger partial charge in [0, 0.05) is 12.6 Å². The highest BCUT2D eigenvalue weighted by atomic mass is 16.6. The first-order valence-electron chi connectivity index (χ1n) is 6.03. The van der Waals surface area contributed by atoms with Crippen LogP contribution in [-0.4, -0.2) is 31.1 Å². The summed E-state index contributed by atoms with van der Waals surface area (Å²) >= 11 is 0. The number of nitro benzene ring substituents is 1. The Morgan fingerprint density at radius 3 is 2.75 bits per heavy atom. The average Bonchev–Trinajstić information content (AvgIpc) is 2.45. The lowest BCUT2D eigenvalue weighted by Gasteiger charge is -2.22. The molecule has 0 heterocycles. The number of nitriles is 1. The fourth-order valence-corrected chi connectivity index (χ4v) is 1.78. The highest BCUT2D eigenvalue weighted by Gasteiger charge is 2.21. The lowest BCUT2D eigenvalue weighted by Crippen LogP contribution is -2.31. The van der Waals surface area contributed by atoms with Crippen LogP contribution in [0.5, 0.6) is 0 Å². The van der Waals surface area contributed by atoms with Crippen molar-refractivity contribution in [2.24, 2.45) is 0 Å². The molecule has 0 aliphatic rings. The summed E-state index contributed by atoms with van der Waals surface area (Å²) in [6.07, 6.45) is 0.699. The summed E-state index contributed by atoms with van der Waals surface area (Å²) in [6, 6.07) is 6.00. The summed E-state index contributed by atoms with van der Waals surface area (Å²) in [5.41, 5.74) is 0.416. The van der Waals surface area contributed by atoms with E-state index < -0.39 is 10.9 Å². The number of esters is 1. The molecule has 0 radical (unpaired) electrons. The summed E-state index contributed by atoms with van der Waals surface area (Å²) in [4.78, 5) is 23.5. The molecule has 0 amide bonds. The molecule has 1 aromatic carbocycles. The Morgan fingerprint density at radius 1 is 1.55 bits per heavy atom. The van der Waals surface area contributed by atoms with Crippen molar-refractivity contribution >= 4 is 17.3 Å². The molecule has 0 bridgehead atoms. The molecule has 106 valence electrons. The fourth-order valence-electron chi connectivity index (χ4n) is 1.78. The van der Waals surface area contributed by atoms with E-state index in [9.17, 15) is 14.9 Å². The molecule has 0 N–H and O–H groups in total. The molecule has 7 nitrogen and oxygen atoms in total. The van der Waals surface area contributed by atoms with Gasteiger partial charge in [-0.05, 0) is 18.6 Å². The topological polar surface area (TPSA) is 96.5 Å². The van der Waals surface area contributed by atoms with Gasteiger partial charge in [0.2, 0.25) is 0 Å². The van der Waals surface area contributed by atoms with E-state index in [0.29, 0.717) is 18.5 Å². The molecule has 0 atom stereocenters. The number of hydrogen-bond acceptors (Lipinski definition) is 6. The maximum Gasteiger partial charge on any atom is 0.325 e. The molecule has 0 spiro atoms. The molecule has 1 aromatic rings. The van der Waals surface area contributed by atoms with Crippen molar-refractivity contribution in [1.29, 1.82) is 5.26 Å². The molecule has 1 rings (SSSR count). The molecule has 0 aliphatic heterocycles. The Labute approximate surface area is 116 Å². The minimum absolute atomic E-state index is 0.0972. The molecule has 0 saturated heterocycles. The third kappa shape index (κ3) is 3.68. The van der Waals surface area contributed by atoms with Gasteiger partial charge in [-0.25, -0.2) is 0 Å². The van der Waals surface area contributed by atoms with Crippen LogP contribution in [0.1, 0.15) is 18.9 Å². The van der Waals surface area contributed by atoms with Gasteiger partial charge in [-0.2, -0.15) is 5.26 Å². The monoisotopic (exact) mass is 277 g/mol. The molecular weight excluding hydrogens is 262 g/mol. The third-order valence-corrected chi connectivity index (χ3v) is 2.68. The zero-order valence-corrected chi connectivity index (χ0v) is 11.3. The molecule has 7 heteroatoms. The zero-order valence-electron chi connectivity index (χ0n) is 11.3. The lowest BCUT2D eigenvalue weighted by atomic mass is 10.1. The van der Waals surface area contributed by atoms with Gasteiger partial charge in [0.25, 0.3) is 5.69 Å². The summed E-state index contributed by atoms with van der Waals surface area (Å²) in [5, 5.41) is 20.0. The maximum absolute atomic E-state index is 11.4. The summed E-state index contributed by atoms with van der Waals surface area (Å²) in [7, 11) is 1.26. The van der Waals surface area contributed by atoms with Gasteiger partial charge in [0.1, 0.15) is 12.2 Å². The number of hydrogen-bond donors (Lipinski definition) is 0. The second-order valence-corrected chi connectivity index (χ2v) is 4.07. The quantitative estimate of drug-likeness (QED) is 0.447. The molecule has 0 fully saturated rings. The Morgan fingerprint density at radius 2 is 2.25 bits per heavy atom. The number of methoxy groups -OCH3 is 1. The number of nitro groups is 1. The molecule has 20 heavy (non-hydrogen) atoms. The van der Waals surface area contributed by atoms with Gasteiger partial charge in [-0.1, -0.05) is 6.92 Å². The third-order valence-electron chi connectivity index (χ3n) is 2.68. The van der Waals surface area contributed by atoms with E-state index >= 15 is 0 Å². The van der Waals surface area contributed by atoms with Gasteiger partial charge in [-0.3, -0.25) is 14.9 Å². The minimum Gasteiger partial charge on any atom is -0.468 e. The highest BCUT2D eigenvalue weighted by molar-refractivity contribution is 5.78. The van der Waals surface area contributed by atoms with Crippen molar-refractivity contribution in [1.82, 2.24) is 0 Å². The van der Waals surface area contributed by atoms with Crippen LogP contribution < -0.4 is 4.90 Å². The van der Waals surface area contributed by atoms with Crippen LogP contribution in [0.2, 0.25) is 0 Å². The van der Waals surface area contributed by atoms with E-state index in [4.69, 9.17) is 5.26 Å². The van der Waals surface area contributed by atoms with E-state index in [0.717, 1.165) is 0 Å². The van der Waals surface area contributed by atoms with Crippen LogP contribution in [0.3, 0.4) is 0 Å². The predicted molar refractivity (Wildman–Crippen MR) is 72.3 cm³/mol. The second kappa shape index (κ2) is 7.09. The second-order valence-electron chi connectivity index (χ2n) is 4.07. The van der Waals surface area contributed by atoms with Crippen LogP contribution in [0, 0.1) is 21.4 Å². The van der Waals surface area contributed by atoms with E-state index in [-0.39, 0.29) is 17.9 Å². The molecular formula is C13H15N3O4. The van der Waals surface area contributed by atoms with Crippen LogP contribution >= 0.6 is 0 Å². The number of benzene rings is 1. The highest BCUT2D eigenvalue weighted by Crippen LogP contribution is 2.29. The fraction of sp³-hybridized carbons (Fsp3) is 0.385. The van der Waals surface area contributed by atoms with E-state index in [1.807, 2.05) is 13.0 Å². The molecule has 0 saturated carbocycles. The lowest BCUT2D eigenvalue weighted by molar-refractivity contribution is -0.384. The van der Waals surface area contributed by atoms with Crippen LogP contribution in [0.15, 0.2) is 18.2 Å². The Hall–Kier alpha value is -2.62. The Balaban J connectivity index is 3.25. The van der Waals surface area contributed by atoms with Gasteiger partial charge in [0.15, 0.2) is 0 Å². The summed E-state index contributed by atoms with van der Waals surface area (Å²) in [6.45, 7) is 2.25. The van der Waals surface area contributed by atoms with Gasteiger partial charge < -0.3 is 9.64 Å². The first kappa shape index (κ1) is 15.4. The minimum atomic E-state index is -0.531. The van der Waals surface area contributed by atoms with Crippen molar-refractivity contribution in [2.45, 2.75) is 13.3 Å². The number of rotatable bonds is 6. The van der Waals surface area contributed by atoms with Crippen LogP contribution in [-0.2, 0) is 9.53 Å². The first-order chi connectivity index (χ1) is 9.53. The van der Waals surface area contributed by atoms with Gasteiger partial charge >= 0.3 is 5.97 Å². The van der Waals surface area contributed by atoms with Crippen molar-refractivity contribution in [3.63, 3.8) is 0 Å². The number of carbonyl (C=O) groups is 1. The van der Waals surface area contributed by atoms with Crippen molar-refractivity contribution in [2.75, 3.05) is 25.1 Å². The van der Waals surface area contributed by atoms with E-state index in [1.54, 1.807) is 4.90 Å².